The zero-order valence-electron chi connectivity index (χ0n) is 10.2. The summed E-state index contributed by atoms with van der Waals surface area (Å²) in [7, 11) is 0. The fourth-order valence-electron chi connectivity index (χ4n) is 2.00. The van der Waals surface area contributed by atoms with E-state index in [0.717, 1.165) is 22.6 Å². The Morgan fingerprint density at radius 2 is 1.42 bits per heavy atom. The number of nitrogens with one attached hydrogen (secondary N) is 1. The highest BCUT2D eigenvalue weighted by molar-refractivity contribution is 5.69. The van der Waals surface area contributed by atoms with Crippen LogP contribution in [0.3, 0.4) is 0 Å². The third-order valence-corrected chi connectivity index (χ3v) is 2.92. The van der Waals surface area contributed by atoms with Crippen molar-refractivity contribution in [3.8, 4) is 28.7 Å². The second-order valence-corrected chi connectivity index (χ2v) is 4.15. The van der Waals surface area contributed by atoms with Crippen molar-refractivity contribution in [3.05, 3.63) is 66.4 Å². The van der Waals surface area contributed by atoms with Crippen LogP contribution in [0, 0.1) is 11.3 Å². The molecule has 0 atom stereocenters. The predicted molar refractivity (Wildman–Crippen MR) is 74.2 cm³/mol. The molecule has 0 aliphatic rings. The first-order valence-corrected chi connectivity index (χ1v) is 5.99. The van der Waals surface area contributed by atoms with Gasteiger partial charge in [0.15, 0.2) is 5.69 Å². The highest BCUT2D eigenvalue weighted by Gasteiger charge is 2.12. The smallest absolute Gasteiger partial charge is 0.166 e. The fourth-order valence-corrected chi connectivity index (χ4v) is 2.00. The standard InChI is InChI=1S/C16H11N3/c17-11-14-15(12-7-3-1-4-8-12)19-16(18-14)13-9-5-2-6-10-13/h1-10H,(H,18,19). The van der Waals surface area contributed by atoms with E-state index in [1.807, 2.05) is 60.7 Å². The Hall–Kier alpha value is -2.86. The molecule has 0 amide bonds. The Labute approximate surface area is 111 Å². The molecule has 0 radical (unpaired) electrons. The third kappa shape index (κ3) is 2.12. The Bertz CT molecular complexity index is 722. The first kappa shape index (κ1) is 11.2. The van der Waals surface area contributed by atoms with Gasteiger partial charge in [-0.15, -0.1) is 0 Å². The summed E-state index contributed by atoms with van der Waals surface area (Å²) in [6, 6.07) is 21.7. The van der Waals surface area contributed by atoms with Gasteiger partial charge in [0, 0.05) is 11.1 Å². The van der Waals surface area contributed by atoms with E-state index in [-0.39, 0.29) is 0 Å². The lowest BCUT2D eigenvalue weighted by atomic mass is 10.1. The number of aromatic nitrogens is 2. The van der Waals surface area contributed by atoms with Gasteiger partial charge in [0.25, 0.3) is 0 Å². The summed E-state index contributed by atoms with van der Waals surface area (Å²) >= 11 is 0. The number of imidazole rings is 1. The van der Waals surface area contributed by atoms with E-state index in [2.05, 4.69) is 16.0 Å². The van der Waals surface area contributed by atoms with Gasteiger partial charge in [-0.05, 0) is 0 Å². The first-order valence-electron chi connectivity index (χ1n) is 5.99. The topological polar surface area (TPSA) is 52.5 Å². The lowest BCUT2D eigenvalue weighted by Gasteiger charge is -1.97. The van der Waals surface area contributed by atoms with Crippen LogP contribution in [-0.2, 0) is 0 Å². The molecule has 3 heteroatoms. The molecule has 3 aromatic rings. The van der Waals surface area contributed by atoms with Gasteiger partial charge in [-0.2, -0.15) is 5.26 Å². The lowest BCUT2D eigenvalue weighted by Crippen LogP contribution is -1.81. The van der Waals surface area contributed by atoms with Gasteiger partial charge in [-0.25, -0.2) is 4.98 Å². The summed E-state index contributed by atoms with van der Waals surface area (Å²) in [5, 5.41) is 9.21. The monoisotopic (exact) mass is 245 g/mol. The Kier molecular flexibility index (Phi) is 2.83. The van der Waals surface area contributed by atoms with Crippen molar-refractivity contribution in [3.63, 3.8) is 0 Å². The molecule has 1 aromatic heterocycles. The van der Waals surface area contributed by atoms with E-state index in [9.17, 15) is 5.26 Å². The minimum absolute atomic E-state index is 0.421. The molecule has 0 bridgehead atoms. The van der Waals surface area contributed by atoms with Crippen molar-refractivity contribution in [1.29, 1.82) is 5.26 Å². The molecule has 1 heterocycles. The normalized spacial score (nSPS) is 10.1. The number of nitrogens with zero attached hydrogens (tertiary/aromatic N) is 2. The third-order valence-electron chi connectivity index (χ3n) is 2.92. The van der Waals surface area contributed by atoms with E-state index in [1.165, 1.54) is 0 Å². The van der Waals surface area contributed by atoms with E-state index in [0.29, 0.717) is 5.69 Å². The van der Waals surface area contributed by atoms with Gasteiger partial charge in [-0.3, -0.25) is 0 Å². The second kappa shape index (κ2) is 4.79. The molecule has 0 saturated carbocycles. The van der Waals surface area contributed by atoms with E-state index in [4.69, 9.17) is 0 Å². The van der Waals surface area contributed by atoms with Gasteiger partial charge in [0.1, 0.15) is 11.9 Å². The van der Waals surface area contributed by atoms with E-state index >= 15 is 0 Å². The summed E-state index contributed by atoms with van der Waals surface area (Å²) in [4.78, 5) is 7.59. The van der Waals surface area contributed by atoms with Crippen LogP contribution in [0.1, 0.15) is 5.69 Å². The van der Waals surface area contributed by atoms with Crippen molar-refractivity contribution < 1.29 is 0 Å². The van der Waals surface area contributed by atoms with E-state index in [1.54, 1.807) is 0 Å². The van der Waals surface area contributed by atoms with Gasteiger partial charge >= 0.3 is 0 Å². The predicted octanol–water partition coefficient (Wildman–Crippen LogP) is 3.62. The molecule has 0 saturated heterocycles. The van der Waals surface area contributed by atoms with Gasteiger partial charge in [0.2, 0.25) is 0 Å². The van der Waals surface area contributed by atoms with Crippen molar-refractivity contribution >= 4 is 0 Å². The van der Waals surface area contributed by atoms with Crippen LogP contribution < -0.4 is 0 Å². The molecule has 2 aromatic carbocycles. The summed E-state index contributed by atoms with van der Waals surface area (Å²) in [6.45, 7) is 0. The average molecular weight is 245 g/mol. The van der Waals surface area contributed by atoms with Crippen molar-refractivity contribution in [1.82, 2.24) is 9.97 Å². The molecule has 3 rings (SSSR count). The lowest BCUT2D eigenvalue weighted by molar-refractivity contribution is 1.29. The van der Waals surface area contributed by atoms with E-state index < -0.39 is 0 Å². The average Bonchev–Trinajstić information content (AvgIpc) is 2.93. The minimum atomic E-state index is 0.421. The van der Waals surface area contributed by atoms with Crippen LogP contribution in [0.25, 0.3) is 22.6 Å². The molecule has 0 fully saturated rings. The number of hydrogen-bond donors (Lipinski definition) is 1. The number of hydrogen-bond acceptors (Lipinski definition) is 2. The highest BCUT2D eigenvalue weighted by Crippen LogP contribution is 2.25. The van der Waals surface area contributed by atoms with Crippen LogP contribution in [0.2, 0.25) is 0 Å². The maximum Gasteiger partial charge on any atom is 0.166 e. The van der Waals surface area contributed by atoms with Crippen LogP contribution in [0.15, 0.2) is 60.7 Å². The van der Waals surface area contributed by atoms with Crippen LogP contribution in [-0.4, -0.2) is 9.97 Å². The van der Waals surface area contributed by atoms with Crippen molar-refractivity contribution in [2.45, 2.75) is 0 Å². The minimum Gasteiger partial charge on any atom is -0.337 e. The largest absolute Gasteiger partial charge is 0.337 e. The van der Waals surface area contributed by atoms with Crippen LogP contribution in [0.4, 0.5) is 0 Å². The summed E-state index contributed by atoms with van der Waals surface area (Å²) in [5.74, 6) is 0.719. The molecular weight excluding hydrogens is 234 g/mol. The second-order valence-electron chi connectivity index (χ2n) is 4.15. The SMILES string of the molecule is N#Cc1nc(-c2ccccc2)[nH]c1-c1ccccc1. The van der Waals surface area contributed by atoms with Crippen molar-refractivity contribution in [2.24, 2.45) is 0 Å². The van der Waals surface area contributed by atoms with Gasteiger partial charge in [-0.1, -0.05) is 60.7 Å². The fraction of sp³-hybridized carbons (Fsp3) is 0. The van der Waals surface area contributed by atoms with Crippen molar-refractivity contribution in [2.75, 3.05) is 0 Å². The maximum atomic E-state index is 9.21. The molecule has 0 aliphatic heterocycles. The highest BCUT2D eigenvalue weighted by atomic mass is 14.9. The molecule has 90 valence electrons. The molecule has 0 aliphatic carbocycles. The maximum absolute atomic E-state index is 9.21. The van der Waals surface area contributed by atoms with Gasteiger partial charge < -0.3 is 4.98 Å². The Morgan fingerprint density at radius 3 is 2.00 bits per heavy atom. The summed E-state index contributed by atoms with van der Waals surface area (Å²) < 4.78 is 0. The number of nitriles is 1. The van der Waals surface area contributed by atoms with Crippen LogP contribution in [0.5, 0.6) is 0 Å². The number of H-pyrrole nitrogens is 1. The van der Waals surface area contributed by atoms with Crippen LogP contribution >= 0.6 is 0 Å². The zero-order chi connectivity index (χ0) is 13.1. The summed E-state index contributed by atoms with van der Waals surface area (Å²) in [5.41, 5.74) is 3.13. The Balaban J connectivity index is 2.13. The molecule has 1 N–H and O–H groups in total. The molecule has 3 nitrogen and oxygen atoms in total. The molecule has 0 unspecified atom stereocenters. The molecular formula is C16H11N3. The number of aromatic amines is 1. The number of rotatable bonds is 2. The van der Waals surface area contributed by atoms with Gasteiger partial charge in [0.05, 0.1) is 5.69 Å². The summed E-state index contributed by atoms with van der Waals surface area (Å²) in [6.07, 6.45) is 0. The zero-order valence-corrected chi connectivity index (χ0v) is 10.2. The number of benzene rings is 2. The molecule has 19 heavy (non-hydrogen) atoms. The quantitative estimate of drug-likeness (QED) is 0.749. The molecule has 0 spiro atoms. The Morgan fingerprint density at radius 1 is 0.842 bits per heavy atom. The first-order chi connectivity index (χ1) is 9.38.